The van der Waals surface area contributed by atoms with E-state index in [1.807, 2.05) is 58.0 Å². The number of nitrogens with zero attached hydrogens (tertiary/aromatic N) is 3. The van der Waals surface area contributed by atoms with Gasteiger partial charge in [-0.25, -0.2) is 0 Å². The molecule has 0 radical (unpaired) electrons. The van der Waals surface area contributed by atoms with Gasteiger partial charge in [0.15, 0.2) is 0 Å². The number of fused-ring (bicyclic) bond motifs is 4. The van der Waals surface area contributed by atoms with E-state index < -0.39 is 0 Å². The predicted molar refractivity (Wildman–Crippen MR) is 168 cm³/mol. The van der Waals surface area contributed by atoms with Crippen molar-refractivity contribution in [3.63, 3.8) is 0 Å². The molecule has 3 aliphatic heterocycles. The highest BCUT2D eigenvalue weighted by atomic mass is 16.2. The van der Waals surface area contributed by atoms with E-state index in [-0.39, 0.29) is 28.7 Å². The zero-order chi connectivity index (χ0) is 29.4. The van der Waals surface area contributed by atoms with Gasteiger partial charge in [-0.1, -0.05) is 51.8 Å². The number of aromatic nitrogens is 1. The topological polar surface area (TPSA) is 74.7 Å². The van der Waals surface area contributed by atoms with Crippen molar-refractivity contribution in [3.8, 4) is 0 Å². The number of carbonyl (C=O) groups is 2. The monoisotopic (exact) mass is 566 g/mol. The number of likely N-dealkylation sites (tertiary alicyclic amines) is 1. The van der Waals surface area contributed by atoms with Crippen LogP contribution in [0.2, 0.25) is 0 Å². The van der Waals surface area contributed by atoms with Gasteiger partial charge in [-0.05, 0) is 72.6 Å². The highest BCUT2D eigenvalue weighted by Crippen LogP contribution is 2.39. The molecule has 42 heavy (non-hydrogen) atoms. The molecule has 7 nitrogen and oxygen atoms in total. The summed E-state index contributed by atoms with van der Waals surface area (Å²) < 4.78 is 1.93. The number of carbonyl (C=O) groups excluding carboxylic acids is 2. The number of anilines is 2. The lowest BCUT2D eigenvalue weighted by Crippen LogP contribution is -2.47. The van der Waals surface area contributed by atoms with Crippen LogP contribution >= 0.6 is 0 Å². The summed E-state index contributed by atoms with van der Waals surface area (Å²) in [6, 6.07) is 19.1. The van der Waals surface area contributed by atoms with E-state index >= 15 is 0 Å². The van der Waals surface area contributed by atoms with Crippen LogP contribution in [0.5, 0.6) is 0 Å². The first-order chi connectivity index (χ1) is 20.2. The van der Waals surface area contributed by atoms with E-state index in [1.54, 1.807) is 6.07 Å². The molecule has 1 aromatic heterocycles. The predicted octanol–water partition coefficient (Wildman–Crippen LogP) is 6.04. The standard InChI is InChI=1S/C35H42N4O3/c1-35(2,3)28-14-11-25(12-15-28)33(41)36-29-20-26(34(42)37-17-6-4-5-7-18-37)13-16-31(29)38-21-24-19-27(23-38)30-9-8-10-32(40)39(30)22-24/h8-16,20,24,27H,4-7,17-19,21-23H2,1-3H3,(H,36,41). The number of pyridine rings is 1. The van der Waals surface area contributed by atoms with Crippen molar-refractivity contribution < 1.29 is 9.59 Å². The van der Waals surface area contributed by atoms with Crippen LogP contribution < -0.4 is 15.8 Å². The number of hydrogen-bond donors (Lipinski definition) is 1. The van der Waals surface area contributed by atoms with Crippen molar-refractivity contribution in [2.45, 2.75) is 70.8 Å². The number of piperidine rings is 1. The van der Waals surface area contributed by atoms with Crippen molar-refractivity contribution in [2.24, 2.45) is 5.92 Å². The molecule has 2 aromatic carbocycles. The summed E-state index contributed by atoms with van der Waals surface area (Å²) >= 11 is 0. The second-order valence-corrected chi connectivity index (χ2v) is 13.3. The van der Waals surface area contributed by atoms with Crippen LogP contribution in [0.15, 0.2) is 65.5 Å². The molecule has 0 saturated carbocycles. The van der Waals surface area contributed by atoms with Gasteiger partial charge >= 0.3 is 0 Å². The molecule has 1 N–H and O–H groups in total. The molecule has 2 unspecified atom stereocenters. The third kappa shape index (κ3) is 5.74. The molecule has 7 heteroatoms. The lowest BCUT2D eigenvalue weighted by molar-refractivity contribution is 0.0761. The maximum atomic E-state index is 13.6. The number of amides is 2. The van der Waals surface area contributed by atoms with Crippen LogP contribution in [0.25, 0.3) is 0 Å². The fraction of sp³-hybridized carbons (Fsp3) is 0.457. The zero-order valence-electron chi connectivity index (χ0n) is 25.1. The third-order valence-corrected chi connectivity index (χ3v) is 9.22. The zero-order valence-corrected chi connectivity index (χ0v) is 25.1. The van der Waals surface area contributed by atoms with E-state index in [4.69, 9.17) is 0 Å². The molecule has 0 aliphatic carbocycles. The van der Waals surface area contributed by atoms with Gasteiger partial charge in [0.25, 0.3) is 17.4 Å². The van der Waals surface area contributed by atoms with E-state index in [2.05, 4.69) is 37.1 Å². The molecule has 2 atom stereocenters. The number of nitrogens with one attached hydrogen (secondary N) is 1. The second kappa shape index (κ2) is 11.4. The Morgan fingerprint density at radius 2 is 1.55 bits per heavy atom. The normalized spacial score (nSPS) is 20.5. The van der Waals surface area contributed by atoms with Crippen LogP contribution in [0.1, 0.15) is 90.8 Å². The molecular weight excluding hydrogens is 524 g/mol. The molecule has 2 saturated heterocycles. The average molecular weight is 567 g/mol. The van der Waals surface area contributed by atoms with E-state index in [1.165, 1.54) is 5.56 Å². The fourth-order valence-electron chi connectivity index (χ4n) is 6.91. The largest absolute Gasteiger partial charge is 0.369 e. The van der Waals surface area contributed by atoms with Crippen LogP contribution in [-0.2, 0) is 12.0 Å². The molecule has 2 fully saturated rings. The number of hydrogen-bond acceptors (Lipinski definition) is 4. The van der Waals surface area contributed by atoms with Crippen molar-refractivity contribution in [1.29, 1.82) is 0 Å². The molecule has 4 heterocycles. The molecule has 3 aliphatic rings. The molecular formula is C35H42N4O3. The SMILES string of the molecule is CC(C)(C)c1ccc(C(=O)Nc2cc(C(=O)N3CCCCCC3)ccc2N2CC3CC(C2)c2cccc(=O)n2C3)cc1. The first kappa shape index (κ1) is 28.3. The average Bonchev–Trinajstić information content (AvgIpc) is 3.27. The summed E-state index contributed by atoms with van der Waals surface area (Å²) in [5, 5.41) is 3.18. The Balaban J connectivity index is 1.32. The Kier molecular flexibility index (Phi) is 7.69. The minimum atomic E-state index is -0.190. The Morgan fingerprint density at radius 1 is 0.833 bits per heavy atom. The van der Waals surface area contributed by atoms with Gasteiger partial charge < -0.3 is 19.7 Å². The summed E-state index contributed by atoms with van der Waals surface area (Å²) in [5.74, 6) is 0.407. The van der Waals surface area contributed by atoms with Crippen molar-refractivity contribution in [2.75, 3.05) is 36.4 Å². The highest BCUT2D eigenvalue weighted by Gasteiger charge is 2.35. The lowest BCUT2D eigenvalue weighted by Gasteiger charge is -2.44. The Labute approximate surface area is 248 Å². The summed E-state index contributed by atoms with van der Waals surface area (Å²) in [5.41, 5.74) is 5.09. The van der Waals surface area contributed by atoms with Crippen LogP contribution in [0.4, 0.5) is 11.4 Å². The van der Waals surface area contributed by atoms with Gasteiger partial charge in [-0.2, -0.15) is 0 Å². The number of benzene rings is 2. The fourth-order valence-corrected chi connectivity index (χ4v) is 6.91. The maximum Gasteiger partial charge on any atom is 0.255 e. The van der Waals surface area contributed by atoms with Gasteiger partial charge in [-0.15, -0.1) is 0 Å². The smallest absolute Gasteiger partial charge is 0.255 e. The highest BCUT2D eigenvalue weighted by molar-refractivity contribution is 6.07. The van der Waals surface area contributed by atoms with Crippen molar-refractivity contribution >= 4 is 23.2 Å². The molecule has 6 rings (SSSR count). The van der Waals surface area contributed by atoms with Crippen molar-refractivity contribution in [3.05, 3.63) is 93.4 Å². The molecule has 2 amide bonds. The molecule has 0 spiro atoms. The van der Waals surface area contributed by atoms with Crippen molar-refractivity contribution in [1.82, 2.24) is 9.47 Å². The Morgan fingerprint density at radius 3 is 2.26 bits per heavy atom. The minimum Gasteiger partial charge on any atom is -0.369 e. The van der Waals surface area contributed by atoms with Gasteiger partial charge in [0.05, 0.1) is 11.4 Å². The lowest BCUT2D eigenvalue weighted by atomic mass is 9.83. The number of rotatable bonds is 4. The second-order valence-electron chi connectivity index (χ2n) is 13.3. The summed E-state index contributed by atoms with van der Waals surface area (Å²) in [6.45, 7) is 10.3. The Hall–Kier alpha value is -3.87. The van der Waals surface area contributed by atoms with Gasteiger partial charge in [-0.3, -0.25) is 14.4 Å². The first-order valence-corrected chi connectivity index (χ1v) is 15.5. The quantitative estimate of drug-likeness (QED) is 0.418. The van der Waals surface area contributed by atoms with E-state index in [0.29, 0.717) is 29.3 Å². The Bertz CT molecular complexity index is 1530. The molecule has 3 aromatic rings. The van der Waals surface area contributed by atoms with Gasteiger partial charge in [0.2, 0.25) is 0 Å². The van der Waals surface area contributed by atoms with Crippen LogP contribution in [-0.4, -0.2) is 47.5 Å². The minimum absolute atomic E-state index is 0.000283. The van der Waals surface area contributed by atoms with Gasteiger partial charge in [0.1, 0.15) is 0 Å². The summed E-state index contributed by atoms with van der Waals surface area (Å²) in [6.07, 6.45) is 5.42. The van der Waals surface area contributed by atoms with Gasteiger partial charge in [0, 0.05) is 61.5 Å². The molecule has 220 valence electrons. The van der Waals surface area contributed by atoms with Crippen LogP contribution in [0.3, 0.4) is 0 Å². The molecule has 2 bridgehead atoms. The summed E-state index contributed by atoms with van der Waals surface area (Å²) in [4.78, 5) is 44.0. The van der Waals surface area contributed by atoms with E-state index in [9.17, 15) is 14.4 Å². The maximum absolute atomic E-state index is 13.6. The first-order valence-electron chi connectivity index (χ1n) is 15.5. The van der Waals surface area contributed by atoms with E-state index in [0.717, 1.165) is 69.7 Å². The third-order valence-electron chi connectivity index (χ3n) is 9.22. The van der Waals surface area contributed by atoms with Crippen LogP contribution in [0, 0.1) is 5.92 Å². The summed E-state index contributed by atoms with van der Waals surface area (Å²) in [7, 11) is 0.